The highest BCUT2D eigenvalue weighted by atomic mass is 16.4. The fraction of sp³-hybridized carbons (Fsp3) is 0.167. The van der Waals surface area contributed by atoms with E-state index in [4.69, 9.17) is 11.5 Å². The zero-order chi connectivity index (χ0) is 12.0. The Hall–Kier alpha value is -2.28. The van der Waals surface area contributed by atoms with Crippen LogP contribution in [0.15, 0.2) is 24.3 Å². The van der Waals surface area contributed by atoms with Gasteiger partial charge in [-0.3, -0.25) is 4.79 Å². The summed E-state index contributed by atoms with van der Waals surface area (Å²) >= 11 is 0. The first kappa shape index (κ1) is 11.8. The van der Waals surface area contributed by atoms with Gasteiger partial charge in [-0.15, -0.1) is 6.42 Å². The first-order valence-corrected chi connectivity index (χ1v) is 4.66. The predicted molar refractivity (Wildman–Crippen MR) is 58.9 cm³/mol. The molecule has 0 unspecified atom stereocenters. The number of hydrogen-bond acceptors (Lipinski definition) is 2. The summed E-state index contributed by atoms with van der Waals surface area (Å²) in [7, 11) is 0. The van der Waals surface area contributed by atoms with Crippen LogP contribution in [-0.2, 0) is 11.2 Å². The van der Waals surface area contributed by atoms with Gasteiger partial charge in [0.15, 0.2) is 0 Å². The number of carbonyl (C=O) groups is 2. The second-order valence-corrected chi connectivity index (χ2v) is 3.16. The average molecular weight is 217 g/mol. The van der Waals surface area contributed by atoms with Crippen LogP contribution in [0, 0.1) is 12.3 Å². The van der Waals surface area contributed by atoms with E-state index in [0.717, 1.165) is 0 Å². The SMILES string of the molecule is C#CCNC(=O)Cc1cccc(C(=O)O)c1. The molecule has 0 radical (unpaired) electrons. The highest BCUT2D eigenvalue weighted by Crippen LogP contribution is 2.05. The number of terminal acetylenes is 1. The lowest BCUT2D eigenvalue weighted by molar-refractivity contribution is -0.120. The summed E-state index contributed by atoms with van der Waals surface area (Å²) in [6.45, 7) is 0.178. The standard InChI is InChI=1S/C12H11NO3/c1-2-6-13-11(14)8-9-4-3-5-10(7-9)12(15)16/h1,3-5,7H,6,8H2,(H,13,14)(H,15,16). The van der Waals surface area contributed by atoms with Crippen molar-refractivity contribution in [2.45, 2.75) is 6.42 Å². The van der Waals surface area contributed by atoms with Gasteiger partial charge in [0, 0.05) is 0 Å². The monoisotopic (exact) mass is 217 g/mol. The van der Waals surface area contributed by atoms with Gasteiger partial charge < -0.3 is 10.4 Å². The summed E-state index contributed by atoms with van der Waals surface area (Å²) in [5.74, 6) is 1.06. The molecule has 0 fully saturated rings. The van der Waals surface area contributed by atoms with Crippen molar-refractivity contribution < 1.29 is 14.7 Å². The quantitative estimate of drug-likeness (QED) is 0.729. The molecule has 0 bridgehead atoms. The molecule has 2 N–H and O–H groups in total. The Kier molecular flexibility index (Phi) is 4.10. The lowest BCUT2D eigenvalue weighted by Crippen LogP contribution is -2.25. The topological polar surface area (TPSA) is 66.4 Å². The Balaban J connectivity index is 2.67. The van der Waals surface area contributed by atoms with Crippen molar-refractivity contribution in [3.63, 3.8) is 0 Å². The molecule has 1 rings (SSSR count). The zero-order valence-corrected chi connectivity index (χ0v) is 8.56. The Bertz CT molecular complexity index is 446. The fourth-order valence-corrected chi connectivity index (χ4v) is 1.21. The van der Waals surface area contributed by atoms with Crippen LogP contribution in [0.3, 0.4) is 0 Å². The molecule has 0 aliphatic rings. The molecule has 0 saturated heterocycles. The highest BCUT2D eigenvalue weighted by molar-refractivity contribution is 5.88. The summed E-state index contributed by atoms with van der Waals surface area (Å²) in [6.07, 6.45) is 5.12. The molecule has 0 aliphatic carbocycles. The number of rotatable bonds is 4. The van der Waals surface area contributed by atoms with Crippen LogP contribution in [-0.4, -0.2) is 23.5 Å². The van der Waals surface area contributed by atoms with Crippen molar-refractivity contribution in [2.75, 3.05) is 6.54 Å². The molecule has 0 heterocycles. The third kappa shape index (κ3) is 3.46. The molecule has 1 aromatic rings. The van der Waals surface area contributed by atoms with Crippen LogP contribution in [0.2, 0.25) is 0 Å². The van der Waals surface area contributed by atoms with Crippen molar-refractivity contribution in [3.8, 4) is 12.3 Å². The van der Waals surface area contributed by atoms with Gasteiger partial charge in [-0.25, -0.2) is 4.79 Å². The number of carbonyl (C=O) groups excluding carboxylic acids is 1. The summed E-state index contributed by atoms with van der Waals surface area (Å²) in [6, 6.07) is 6.25. The zero-order valence-electron chi connectivity index (χ0n) is 8.56. The number of carboxylic acid groups (broad SMARTS) is 1. The van der Waals surface area contributed by atoms with Crippen molar-refractivity contribution >= 4 is 11.9 Å². The summed E-state index contributed by atoms with van der Waals surface area (Å²) in [4.78, 5) is 22.0. The average Bonchev–Trinajstić information content (AvgIpc) is 2.26. The molecule has 0 atom stereocenters. The maximum atomic E-state index is 11.3. The van der Waals surface area contributed by atoms with Crippen molar-refractivity contribution in [1.29, 1.82) is 0 Å². The Morgan fingerprint density at radius 3 is 2.81 bits per heavy atom. The van der Waals surface area contributed by atoms with E-state index in [-0.39, 0.29) is 24.4 Å². The van der Waals surface area contributed by atoms with Gasteiger partial charge in [-0.05, 0) is 17.7 Å². The van der Waals surface area contributed by atoms with Crippen LogP contribution in [0.4, 0.5) is 0 Å². The minimum Gasteiger partial charge on any atom is -0.478 e. The van der Waals surface area contributed by atoms with E-state index < -0.39 is 5.97 Å². The van der Waals surface area contributed by atoms with Crippen LogP contribution < -0.4 is 5.32 Å². The second kappa shape index (κ2) is 5.56. The molecular weight excluding hydrogens is 206 g/mol. The Morgan fingerprint density at radius 1 is 1.44 bits per heavy atom. The molecule has 0 saturated carbocycles. The van der Waals surface area contributed by atoms with Gasteiger partial charge in [-0.1, -0.05) is 18.1 Å². The van der Waals surface area contributed by atoms with E-state index in [9.17, 15) is 9.59 Å². The van der Waals surface area contributed by atoms with Gasteiger partial charge in [0.1, 0.15) is 0 Å². The minimum absolute atomic E-state index is 0.128. The maximum Gasteiger partial charge on any atom is 0.335 e. The fourth-order valence-electron chi connectivity index (χ4n) is 1.21. The number of hydrogen-bond donors (Lipinski definition) is 2. The van der Waals surface area contributed by atoms with Crippen molar-refractivity contribution in [3.05, 3.63) is 35.4 Å². The van der Waals surface area contributed by atoms with E-state index in [1.54, 1.807) is 12.1 Å². The summed E-state index contributed by atoms with van der Waals surface area (Å²) < 4.78 is 0. The van der Waals surface area contributed by atoms with Crippen LogP contribution in [0.1, 0.15) is 15.9 Å². The number of nitrogens with one attached hydrogen (secondary N) is 1. The number of carboxylic acids is 1. The molecule has 0 aromatic heterocycles. The molecule has 4 heteroatoms. The van der Waals surface area contributed by atoms with Crippen molar-refractivity contribution in [1.82, 2.24) is 5.32 Å². The molecule has 4 nitrogen and oxygen atoms in total. The lowest BCUT2D eigenvalue weighted by atomic mass is 10.1. The van der Waals surface area contributed by atoms with Gasteiger partial charge >= 0.3 is 5.97 Å². The van der Waals surface area contributed by atoms with E-state index >= 15 is 0 Å². The lowest BCUT2D eigenvalue weighted by Gasteiger charge is -2.02. The van der Waals surface area contributed by atoms with Gasteiger partial charge in [0.05, 0.1) is 18.5 Å². The highest BCUT2D eigenvalue weighted by Gasteiger charge is 2.06. The smallest absolute Gasteiger partial charge is 0.335 e. The number of amides is 1. The number of aromatic carboxylic acids is 1. The second-order valence-electron chi connectivity index (χ2n) is 3.16. The largest absolute Gasteiger partial charge is 0.478 e. The van der Waals surface area contributed by atoms with Crippen LogP contribution >= 0.6 is 0 Å². The van der Waals surface area contributed by atoms with Crippen molar-refractivity contribution in [2.24, 2.45) is 0 Å². The van der Waals surface area contributed by atoms with E-state index in [1.807, 2.05) is 0 Å². The molecular formula is C12H11NO3. The molecule has 0 spiro atoms. The van der Waals surface area contributed by atoms with Gasteiger partial charge in [0.2, 0.25) is 5.91 Å². The molecule has 16 heavy (non-hydrogen) atoms. The third-order valence-corrected chi connectivity index (χ3v) is 1.93. The van der Waals surface area contributed by atoms with E-state index in [0.29, 0.717) is 5.56 Å². The minimum atomic E-state index is -1.01. The number of benzene rings is 1. The third-order valence-electron chi connectivity index (χ3n) is 1.93. The molecule has 1 amide bonds. The predicted octanol–water partition coefficient (Wildman–Crippen LogP) is 0.677. The van der Waals surface area contributed by atoms with Gasteiger partial charge in [0.25, 0.3) is 0 Å². The molecule has 82 valence electrons. The molecule has 1 aromatic carbocycles. The maximum absolute atomic E-state index is 11.3. The molecule has 0 aliphatic heterocycles. The summed E-state index contributed by atoms with van der Waals surface area (Å²) in [5.41, 5.74) is 0.816. The van der Waals surface area contributed by atoms with E-state index in [2.05, 4.69) is 11.2 Å². The van der Waals surface area contributed by atoms with E-state index in [1.165, 1.54) is 12.1 Å². The van der Waals surface area contributed by atoms with Crippen LogP contribution in [0.5, 0.6) is 0 Å². The normalized spacial score (nSPS) is 9.19. The Morgan fingerprint density at radius 2 is 2.19 bits per heavy atom. The Labute approximate surface area is 93.3 Å². The van der Waals surface area contributed by atoms with Gasteiger partial charge in [-0.2, -0.15) is 0 Å². The first-order chi connectivity index (χ1) is 7.63. The first-order valence-electron chi connectivity index (χ1n) is 4.66. The summed E-state index contributed by atoms with van der Waals surface area (Å²) in [5, 5.41) is 11.3. The van der Waals surface area contributed by atoms with Crippen LogP contribution in [0.25, 0.3) is 0 Å².